The molecule has 2 amide bonds. The number of hydrogen-bond acceptors (Lipinski definition) is 4. The van der Waals surface area contributed by atoms with E-state index in [1.54, 1.807) is 24.3 Å². The maximum absolute atomic E-state index is 13.5. The van der Waals surface area contributed by atoms with Crippen LogP contribution in [0.1, 0.15) is 66.9 Å². The number of nitrogens with zero attached hydrogens (tertiary/aromatic N) is 1. The molecule has 2 aromatic carbocycles. The van der Waals surface area contributed by atoms with E-state index < -0.39 is 10.0 Å². The quantitative estimate of drug-likeness (QED) is 0.533. The van der Waals surface area contributed by atoms with E-state index in [1.165, 1.54) is 54.6 Å². The molecule has 0 radical (unpaired) electrons. The first kappa shape index (κ1) is 25.0. The monoisotopic (exact) mass is 495 g/mol. The lowest BCUT2D eigenvalue weighted by Crippen LogP contribution is -2.40. The highest BCUT2D eigenvalue weighted by atomic mass is 32.2. The van der Waals surface area contributed by atoms with Gasteiger partial charge in [-0.05, 0) is 60.7 Å². The standard InChI is InChI=1S/C27H33N3O4S/c1-2-26(31)29-24-17-19-30(25-11-7-6-10-23(24)25)35(33,34)22-14-12-21(13-15-22)27(32)28-18-16-20-8-4-3-5-9-20/h2,6-7,10-15,20,24H,1,3-5,8-9,16-19H2,(H,28,32)(H,29,31). The predicted octanol–water partition coefficient (Wildman–Crippen LogP) is 4.33. The summed E-state index contributed by atoms with van der Waals surface area (Å²) in [4.78, 5) is 24.5. The molecule has 7 nitrogen and oxygen atoms in total. The Labute approximate surface area is 207 Å². The highest BCUT2D eigenvalue weighted by molar-refractivity contribution is 7.92. The van der Waals surface area contributed by atoms with Crippen LogP contribution in [0.3, 0.4) is 0 Å². The van der Waals surface area contributed by atoms with Crippen molar-refractivity contribution >= 4 is 27.5 Å². The molecule has 186 valence electrons. The average Bonchev–Trinajstić information content (AvgIpc) is 2.89. The smallest absolute Gasteiger partial charge is 0.264 e. The first-order chi connectivity index (χ1) is 16.9. The summed E-state index contributed by atoms with van der Waals surface area (Å²) in [6.45, 7) is 4.35. The molecule has 1 fully saturated rings. The molecule has 1 aliphatic heterocycles. The minimum Gasteiger partial charge on any atom is -0.352 e. The van der Waals surface area contributed by atoms with E-state index in [-0.39, 0.29) is 29.3 Å². The van der Waals surface area contributed by atoms with Crippen LogP contribution in [0.15, 0.2) is 66.1 Å². The highest BCUT2D eigenvalue weighted by Gasteiger charge is 2.33. The molecule has 1 heterocycles. The van der Waals surface area contributed by atoms with Crippen LogP contribution in [0, 0.1) is 5.92 Å². The molecule has 0 saturated heterocycles. The molecular weight excluding hydrogens is 462 g/mol. The minimum absolute atomic E-state index is 0.125. The maximum Gasteiger partial charge on any atom is 0.264 e. The molecule has 2 aliphatic rings. The van der Waals surface area contributed by atoms with Gasteiger partial charge in [0.25, 0.3) is 15.9 Å². The van der Waals surface area contributed by atoms with Gasteiger partial charge in [0.1, 0.15) is 0 Å². The van der Waals surface area contributed by atoms with Crippen molar-refractivity contribution in [1.29, 1.82) is 0 Å². The fourth-order valence-electron chi connectivity index (χ4n) is 5.04. The second-order valence-electron chi connectivity index (χ2n) is 9.26. The van der Waals surface area contributed by atoms with Gasteiger partial charge >= 0.3 is 0 Å². The van der Waals surface area contributed by atoms with Crippen LogP contribution in [-0.2, 0) is 14.8 Å². The summed E-state index contributed by atoms with van der Waals surface area (Å²) in [5.41, 5.74) is 1.72. The zero-order valence-corrected chi connectivity index (χ0v) is 20.7. The Bertz CT molecular complexity index is 1170. The summed E-state index contributed by atoms with van der Waals surface area (Å²) in [5, 5.41) is 5.84. The van der Waals surface area contributed by atoms with Crippen molar-refractivity contribution in [3.8, 4) is 0 Å². The number of benzene rings is 2. The minimum atomic E-state index is -3.84. The first-order valence-corrected chi connectivity index (χ1v) is 13.8. The van der Waals surface area contributed by atoms with Gasteiger partial charge in [0, 0.05) is 18.7 Å². The normalized spacial score (nSPS) is 18.4. The van der Waals surface area contributed by atoms with E-state index in [0.717, 1.165) is 12.0 Å². The van der Waals surface area contributed by atoms with E-state index in [4.69, 9.17) is 0 Å². The van der Waals surface area contributed by atoms with Crippen LogP contribution < -0.4 is 14.9 Å². The summed E-state index contributed by atoms with van der Waals surface area (Å²) in [6.07, 6.45) is 8.98. The molecule has 0 spiro atoms. The van der Waals surface area contributed by atoms with Crippen molar-refractivity contribution in [3.63, 3.8) is 0 Å². The zero-order valence-electron chi connectivity index (χ0n) is 19.9. The first-order valence-electron chi connectivity index (χ1n) is 12.3. The lowest BCUT2D eigenvalue weighted by Gasteiger charge is -2.35. The summed E-state index contributed by atoms with van der Waals surface area (Å²) >= 11 is 0. The molecular formula is C27H33N3O4S. The van der Waals surface area contributed by atoms with Crippen LogP contribution in [0.2, 0.25) is 0 Å². The predicted molar refractivity (Wildman–Crippen MR) is 137 cm³/mol. The van der Waals surface area contributed by atoms with Gasteiger partial charge in [-0.15, -0.1) is 0 Å². The molecule has 2 N–H and O–H groups in total. The van der Waals surface area contributed by atoms with Crippen molar-refractivity contribution in [3.05, 3.63) is 72.3 Å². The number of para-hydroxylation sites is 1. The summed E-state index contributed by atoms with van der Waals surface area (Å²) in [7, 11) is -3.84. The van der Waals surface area contributed by atoms with Gasteiger partial charge in [0.15, 0.2) is 0 Å². The van der Waals surface area contributed by atoms with Crippen molar-refractivity contribution < 1.29 is 18.0 Å². The lowest BCUT2D eigenvalue weighted by molar-refractivity contribution is -0.117. The third kappa shape index (κ3) is 5.75. The summed E-state index contributed by atoms with van der Waals surface area (Å²) < 4.78 is 28.3. The molecule has 8 heteroatoms. The number of carbonyl (C=O) groups excluding carboxylic acids is 2. The van der Waals surface area contributed by atoms with Gasteiger partial charge in [-0.2, -0.15) is 0 Å². The second-order valence-corrected chi connectivity index (χ2v) is 11.1. The number of amides is 2. The van der Waals surface area contributed by atoms with E-state index in [1.807, 2.05) is 12.1 Å². The fraction of sp³-hybridized carbons (Fsp3) is 0.407. The molecule has 35 heavy (non-hydrogen) atoms. The third-order valence-corrected chi connectivity index (χ3v) is 8.80. The van der Waals surface area contributed by atoms with Gasteiger partial charge in [-0.1, -0.05) is 56.9 Å². The topological polar surface area (TPSA) is 95.6 Å². The van der Waals surface area contributed by atoms with Gasteiger partial charge in [-0.25, -0.2) is 8.42 Å². The van der Waals surface area contributed by atoms with Crippen LogP contribution in [-0.4, -0.2) is 33.3 Å². The average molecular weight is 496 g/mol. The Hall–Kier alpha value is -3.13. The van der Waals surface area contributed by atoms with Gasteiger partial charge in [0.05, 0.1) is 16.6 Å². The Kier molecular flexibility index (Phi) is 7.90. The second kappa shape index (κ2) is 11.1. The van der Waals surface area contributed by atoms with E-state index in [9.17, 15) is 18.0 Å². The van der Waals surface area contributed by atoms with Crippen LogP contribution in [0.25, 0.3) is 0 Å². The molecule has 2 aromatic rings. The van der Waals surface area contributed by atoms with Crippen molar-refractivity contribution in [2.75, 3.05) is 17.4 Å². The van der Waals surface area contributed by atoms with Gasteiger partial charge < -0.3 is 10.6 Å². The molecule has 1 saturated carbocycles. The summed E-state index contributed by atoms with van der Waals surface area (Å²) in [5.74, 6) is 0.205. The maximum atomic E-state index is 13.5. The number of anilines is 1. The Morgan fingerprint density at radius 3 is 2.43 bits per heavy atom. The Balaban J connectivity index is 1.44. The van der Waals surface area contributed by atoms with E-state index in [2.05, 4.69) is 17.2 Å². The number of sulfonamides is 1. The van der Waals surface area contributed by atoms with Gasteiger partial charge in [0.2, 0.25) is 5.91 Å². The number of rotatable bonds is 8. The molecule has 0 bridgehead atoms. The van der Waals surface area contributed by atoms with Crippen LogP contribution >= 0.6 is 0 Å². The molecule has 1 atom stereocenters. The molecule has 1 aliphatic carbocycles. The SMILES string of the molecule is C=CC(=O)NC1CCN(S(=O)(=O)c2ccc(C(=O)NCCC3CCCCC3)cc2)c2ccccc21. The third-order valence-electron chi connectivity index (χ3n) is 6.97. The molecule has 0 aromatic heterocycles. The van der Waals surface area contributed by atoms with Crippen LogP contribution in [0.5, 0.6) is 0 Å². The zero-order chi connectivity index (χ0) is 24.8. The Morgan fingerprint density at radius 1 is 1.00 bits per heavy atom. The Morgan fingerprint density at radius 2 is 1.71 bits per heavy atom. The van der Waals surface area contributed by atoms with Gasteiger partial charge in [-0.3, -0.25) is 13.9 Å². The lowest BCUT2D eigenvalue weighted by atomic mass is 9.87. The number of fused-ring (bicyclic) bond motifs is 1. The van der Waals surface area contributed by atoms with Crippen molar-refractivity contribution in [1.82, 2.24) is 10.6 Å². The van der Waals surface area contributed by atoms with Crippen molar-refractivity contribution in [2.45, 2.75) is 55.9 Å². The van der Waals surface area contributed by atoms with E-state index in [0.29, 0.717) is 30.1 Å². The fourth-order valence-corrected chi connectivity index (χ4v) is 6.54. The van der Waals surface area contributed by atoms with Crippen molar-refractivity contribution in [2.24, 2.45) is 5.92 Å². The molecule has 1 unspecified atom stereocenters. The number of carbonyl (C=O) groups is 2. The van der Waals surface area contributed by atoms with Crippen LogP contribution in [0.4, 0.5) is 5.69 Å². The number of nitrogens with one attached hydrogen (secondary N) is 2. The highest BCUT2D eigenvalue weighted by Crippen LogP contribution is 2.37. The molecule has 4 rings (SSSR count). The largest absolute Gasteiger partial charge is 0.352 e. The number of hydrogen-bond donors (Lipinski definition) is 2. The van der Waals surface area contributed by atoms with E-state index >= 15 is 0 Å². The summed E-state index contributed by atoms with van der Waals surface area (Å²) in [6, 6.07) is 13.0.